The van der Waals surface area contributed by atoms with Gasteiger partial charge < -0.3 is 5.32 Å². The summed E-state index contributed by atoms with van der Waals surface area (Å²) in [5, 5.41) is 3.26. The van der Waals surface area contributed by atoms with Crippen molar-refractivity contribution in [2.24, 2.45) is 5.41 Å². The predicted octanol–water partition coefficient (Wildman–Crippen LogP) is 0.370. The van der Waals surface area contributed by atoms with Crippen LogP contribution in [0.5, 0.6) is 0 Å². The van der Waals surface area contributed by atoms with Gasteiger partial charge in [-0.3, -0.25) is 0 Å². The number of hydrogen-bond donors (Lipinski definition) is 1. The number of rotatable bonds is 0. The van der Waals surface area contributed by atoms with E-state index in [4.69, 9.17) is 0 Å². The topological polar surface area (TPSA) is 12.0 Å². The van der Waals surface area contributed by atoms with Crippen LogP contribution in [0.15, 0.2) is 0 Å². The standard InChI is InChI=1S/C5H9N/c1-2-5(1)3-6-4-5/h6H,1-4H2. The molecule has 2 aliphatic rings. The Balaban J connectivity index is 2.09. The summed E-state index contributed by atoms with van der Waals surface area (Å²) in [6, 6.07) is 0. The molecule has 1 spiro atoms. The quantitative estimate of drug-likeness (QED) is 0.446. The van der Waals surface area contributed by atoms with Crippen molar-refractivity contribution in [3.63, 3.8) is 0 Å². The van der Waals surface area contributed by atoms with Gasteiger partial charge in [-0.2, -0.15) is 0 Å². The third-order valence-corrected chi connectivity index (χ3v) is 1.96. The molecule has 0 aromatic rings. The Kier molecular flexibility index (Phi) is 0.327. The van der Waals surface area contributed by atoms with Crippen molar-refractivity contribution >= 4 is 0 Å². The molecule has 1 saturated heterocycles. The minimum Gasteiger partial charge on any atom is -0.316 e. The Labute approximate surface area is 37.7 Å². The highest BCUT2D eigenvalue weighted by Gasteiger charge is 2.47. The van der Waals surface area contributed by atoms with Crippen LogP contribution in [0.4, 0.5) is 0 Å². The first-order valence-corrected chi connectivity index (χ1v) is 2.62. The van der Waals surface area contributed by atoms with Gasteiger partial charge in [0.05, 0.1) is 0 Å². The molecule has 0 aromatic carbocycles. The fourth-order valence-electron chi connectivity index (χ4n) is 1.01. The van der Waals surface area contributed by atoms with E-state index in [0.29, 0.717) is 0 Å². The van der Waals surface area contributed by atoms with E-state index in [-0.39, 0.29) is 0 Å². The van der Waals surface area contributed by atoms with Crippen LogP contribution in [0, 0.1) is 5.41 Å². The van der Waals surface area contributed by atoms with Gasteiger partial charge in [0.25, 0.3) is 0 Å². The van der Waals surface area contributed by atoms with Crippen molar-refractivity contribution in [3.8, 4) is 0 Å². The molecule has 1 heteroatoms. The zero-order valence-corrected chi connectivity index (χ0v) is 3.83. The smallest absolute Gasteiger partial charge is 0.00202 e. The second-order valence-electron chi connectivity index (χ2n) is 2.60. The first-order chi connectivity index (χ1) is 2.91. The van der Waals surface area contributed by atoms with E-state index < -0.39 is 0 Å². The van der Waals surface area contributed by atoms with E-state index >= 15 is 0 Å². The number of hydrogen-bond acceptors (Lipinski definition) is 1. The van der Waals surface area contributed by atoms with Gasteiger partial charge in [0.1, 0.15) is 0 Å². The molecule has 0 amide bonds. The minimum absolute atomic E-state index is 0.861. The Hall–Kier alpha value is -0.0400. The van der Waals surface area contributed by atoms with Crippen molar-refractivity contribution in [2.45, 2.75) is 12.8 Å². The lowest BCUT2D eigenvalue weighted by atomic mass is 10.0. The highest BCUT2D eigenvalue weighted by molar-refractivity contribution is 5.03. The van der Waals surface area contributed by atoms with Gasteiger partial charge in [-0.25, -0.2) is 0 Å². The van der Waals surface area contributed by atoms with Gasteiger partial charge in [-0.15, -0.1) is 0 Å². The molecule has 0 unspecified atom stereocenters. The van der Waals surface area contributed by atoms with Gasteiger partial charge in [0, 0.05) is 13.1 Å². The lowest BCUT2D eigenvalue weighted by Gasteiger charge is -2.26. The van der Waals surface area contributed by atoms with Crippen LogP contribution in [-0.4, -0.2) is 13.1 Å². The predicted molar refractivity (Wildman–Crippen MR) is 24.5 cm³/mol. The maximum atomic E-state index is 3.26. The van der Waals surface area contributed by atoms with Crippen LogP contribution < -0.4 is 5.32 Å². The average molecular weight is 83.1 g/mol. The van der Waals surface area contributed by atoms with Crippen LogP contribution in [0.1, 0.15) is 12.8 Å². The minimum atomic E-state index is 0.861. The second kappa shape index (κ2) is 0.648. The largest absolute Gasteiger partial charge is 0.316 e. The molecule has 0 radical (unpaired) electrons. The zero-order valence-electron chi connectivity index (χ0n) is 3.83. The molecule has 1 heterocycles. The second-order valence-corrected chi connectivity index (χ2v) is 2.60. The molecule has 0 aromatic heterocycles. The molecule has 0 bridgehead atoms. The van der Waals surface area contributed by atoms with Crippen molar-refractivity contribution < 1.29 is 0 Å². The van der Waals surface area contributed by atoms with E-state index in [9.17, 15) is 0 Å². The normalized spacial score (nSPS) is 36.0. The first kappa shape index (κ1) is 3.03. The number of nitrogens with one attached hydrogen (secondary N) is 1. The highest BCUT2D eigenvalue weighted by Crippen LogP contribution is 2.48. The van der Waals surface area contributed by atoms with Crippen LogP contribution in [0.3, 0.4) is 0 Å². The fourth-order valence-corrected chi connectivity index (χ4v) is 1.01. The molecule has 1 aliphatic heterocycles. The third kappa shape index (κ3) is 0.207. The Morgan fingerprint density at radius 1 is 1.17 bits per heavy atom. The van der Waals surface area contributed by atoms with E-state index in [1.807, 2.05) is 0 Å². The lowest BCUT2D eigenvalue weighted by Crippen LogP contribution is -2.43. The maximum Gasteiger partial charge on any atom is 0.00202 e. The molecular weight excluding hydrogens is 74.1 g/mol. The lowest BCUT2D eigenvalue weighted by molar-refractivity contribution is 0.324. The molecule has 1 nitrogen and oxygen atoms in total. The Bertz CT molecular complexity index is 68.0. The molecular formula is C5H9N. The molecule has 1 saturated carbocycles. The molecule has 2 rings (SSSR count). The summed E-state index contributed by atoms with van der Waals surface area (Å²) >= 11 is 0. The summed E-state index contributed by atoms with van der Waals surface area (Å²) < 4.78 is 0. The van der Waals surface area contributed by atoms with Gasteiger partial charge in [-0.1, -0.05) is 0 Å². The van der Waals surface area contributed by atoms with Crippen LogP contribution >= 0.6 is 0 Å². The fraction of sp³-hybridized carbons (Fsp3) is 1.00. The SMILES string of the molecule is C1CC12CNC2. The summed E-state index contributed by atoms with van der Waals surface area (Å²) in [6.07, 6.45) is 3.00. The van der Waals surface area contributed by atoms with Crippen LogP contribution in [-0.2, 0) is 0 Å². The third-order valence-electron chi connectivity index (χ3n) is 1.96. The van der Waals surface area contributed by atoms with E-state index in [0.717, 1.165) is 5.41 Å². The van der Waals surface area contributed by atoms with Gasteiger partial charge in [0.2, 0.25) is 0 Å². The zero-order chi connectivity index (χ0) is 4.04. The van der Waals surface area contributed by atoms with Crippen molar-refractivity contribution in [2.75, 3.05) is 13.1 Å². The summed E-state index contributed by atoms with van der Waals surface area (Å²) in [5.74, 6) is 0. The van der Waals surface area contributed by atoms with E-state index in [1.165, 1.54) is 25.9 Å². The molecule has 1 aliphatic carbocycles. The molecule has 1 N–H and O–H groups in total. The molecule has 6 heavy (non-hydrogen) atoms. The summed E-state index contributed by atoms with van der Waals surface area (Å²) in [7, 11) is 0. The van der Waals surface area contributed by atoms with Crippen molar-refractivity contribution in [1.82, 2.24) is 5.32 Å². The van der Waals surface area contributed by atoms with Gasteiger partial charge >= 0.3 is 0 Å². The molecule has 0 atom stereocenters. The van der Waals surface area contributed by atoms with E-state index in [2.05, 4.69) is 5.32 Å². The summed E-state index contributed by atoms with van der Waals surface area (Å²) in [4.78, 5) is 0. The highest BCUT2D eigenvalue weighted by atomic mass is 15.0. The summed E-state index contributed by atoms with van der Waals surface area (Å²) in [5.41, 5.74) is 0.861. The summed E-state index contributed by atoms with van der Waals surface area (Å²) in [6.45, 7) is 2.62. The average Bonchev–Trinajstić information content (AvgIpc) is 2.02. The van der Waals surface area contributed by atoms with Crippen LogP contribution in [0.25, 0.3) is 0 Å². The van der Waals surface area contributed by atoms with E-state index in [1.54, 1.807) is 0 Å². The molecule has 34 valence electrons. The monoisotopic (exact) mass is 83.1 g/mol. The first-order valence-electron chi connectivity index (χ1n) is 2.62. The maximum absolute atomic E-state index is 3.26. The van der Waals surface area contributed by atoms with Crippen molar-refractivity contribution in [3.05, 3.63) is 0 Å². The van der Waals surface area contributed by atoms with Crippen LogP contribution in [0.2, 0.25) is 0 Å². The molecule has 2 fully saturated rings. The van der Waals surface area contributed by atoms with Gasteiger partial charge in [0.15, 0.2) is 0 Å². The van der Waals surface area contributed by atoms with Crippen molar-refractivity contribution in [1.29, 1.82) is 0 Å². The Morgan fingerprint density at radius 2 is 1.83 bits per heavy atom. The Morgan fingerprint density at radius 3 is 1.83 bits per heavy atom. The van der Waals surface area contributed by atoms with Gasteiger partial charge in [-0.05, 0) is 18.3 Å².